The molecule has 1 aromatic rings. The fraction of sp³-hybridized carbons (Fsp3) is 0.667. The van der Waals surface area contributed by atoms with Crippen LogP contribution >= 0.6 is 0 Å². The van der Waals surface area contributed by atoms with Gasteiger partial charge in [0.15, 0.2) is 0 Å². The van der Waals surface area contributed by atoms with Crippen molar-refractivity contribution in [1.29, 1.82) is 0 Å². The maximum atomic E-state index is 6.97. The van der Waals surface area contributed by atoms with E-state index in [1.807, 2.05) is 0 Å². The summed E-state index contributed by atoms with van der Waals surface area (Å²) in [5.74, 6) is 3.63. The van der Waals surface area contributed by atoms with Gasteiger partial charge in [-0.05, 0) is 74.3 Å². The molecular formula is C18H25N. The Bertz CT molecular complexity index is 520. The van der Waals surface area contributed by atoms with Gasteiger partial charge in [0.05, 0.1) is 0 Å². The van der Waals surface area contributed by atoms with Crippen molar-refractivity contribution >= 4 is 0 Å². The van der Waals surface area contributed by atoms with Crippen molar-refractivity contribution < 1.29 is 0 Å². The highest BCUT2D eigenvalue weighted by Gasteiger charge is 2.59. The van der Waals surface area contributed by atoms with Crippen LogP contribution in [0.3, 0.4) is 0 Å². The number of aryl methyl sites for hydroxylation is 2. The second kappa shape index (κ2) is 3.85. The van der Waals surface area contributed by atoms with Crippen molar-refractivity contribution in [2.24, 2.45) is 29.4 Å². The monoisotopic (exact) mass is 255 g/mol. The summed E-state index contributed by atoms with van der Waals surface area (Å²) in [4.78, 5) is 0. The maximum absolute atomic E-state index is 6.97. The Kier molecular flexibility index (Phi) is 2.42. The Morgan fingerprint density at radius 1 is 1.16 bits per heavy atom. The fourth-order valence-electron chi connectivity index (χ4n) is 5.84. The first-order chi connectivity index (χ1) is 9.09. The lowest BCUT2D eigenvalue weighted by molar-refractivity contribution is 0.156. The summed E-state index contributed by atoms with van der Waals surface area (Å²) in [6, 6.07) is 6.87. The van der Waals surface area contributed by atoms with Crippen LogP contribution in [0.15, 0.2) is 18.2 Å². The molecule has 0 saturated heterocycles. The molecule has 0 aliphatic heterocycles. The van der Waals surface area contributed by atoms with Crippen molar-refractivity contribution in [2.75, 3.05) is 0 Å². The van der Waals surface area contributed by atoms with E-state index in [0.717, 1.165) is 23.7 Å². The molecule has 102 valence electrons. The van der Waals surface area contributed by atoms with Gasteiger partial charge in [0.2, 0.25) is 0 Å². The quantitative estimate of drug-likeness (QED) is 0.809. The van der Waals surface area contributed by atoms with E-state index < -0.39 is 0 Å². The van der Waals surface area contributed by atoms with Crippen LogP contribution in [0, 0.1) is 37.5 Å². The van der Waals surface area contributed by atoms with Crippen LogP contribution in [0.2, 0.25) is 0 Å². The molecule has 3 aliphatic carbocycles. The van der Waals surface area contributed by atoms with Gasteiger partial charge < -0.3 is 5.73 Å². The molecule has 5 unspecified atom stereocenters. The molecule has 4 rings (SSSR count). The number of hydrogen-bond acceptors (Lipinski definition) is 1. The predicted octanol–water partition coefficient (Wildman–Crippen LogP) is 3.91. The minimum absolute atomic E-state index is 0.0199. The highest BCUT2D eigenvalue weighted by Crippen LogP contribution is 2.64. The molecule has 19 heavy (non-hydrogen) atoms. The van der Waals surface area contributed by atoms with Crippen LogP contribution < -0.4 is 5.73 Å². The molecule has 3 aliphatic rings. The first-order valence-electron chi connectivity index (χ1n) is 7.96. The Balaban J connectivity index is 1.75. The van der Waals surface area contributed by atoms with E-state index >= 15 is 0 Å². The van der Waals surface area contributed by atoms with E-state index in [0.29, 0.717) is 0 Å². The van der Waals surface area contributed by atoms with E-state index in [1.54, 1.807) is 0 Å². The van der Waals surface area contributed by atoms with Crippen LogP contribution in [0.25, 0.3) is 0 Å². The fourth-order valence-corrected chi connectivity index (χ4v) is 5.84. The number of fused-ring (bicyclic) bond motifs is 5. The van der Waals surface area contributed by atoms with E-state index in [4.69, 9.17) is 5.73 Å². The SMILES string of the molecule is Cc1ccc(C2(N)CC3CC2C2CCCC32)c(C)c1. The molecule has 0 aromatic heterocycles. The molecule has 5 atom stereocenters. The number of nitrogens with two attached hydrogens (primary N) is 1. The van der Waals surface area contributed by atoms with Gasteiger partial charge in [-0.3, -0.25) is 0 Å². The van der Waals surface area contributed by atoms with E-state index in [2.05, 4.69) is 32.0 Å². The lowest BCUT2D eigenvalue weighted by Crippen LogP contribution is -2.47. The normalized spacial score (nSPS) is 43.7. The third kappa shape index (κ3) is 1.51. The average Bonchev–Trinajstić information content (AvgIpc) is 2.98. The summed E-state index contributed by atoms with van der Waals surface area (Å²) >= 11 is 0. The lowest BCUT2D eigenvalue weighted by Gasteiger charge is -2.41. The topological polar surface area (TPSA) is 26.0 Å². The van der Waals surface area contributed by atoms with Crippen LogP contribution in [0.4, 0.5) is 0 Å². The molecule has 0 radical (unpaired) electrons. The van der Waals surface area contributed by atoms with Gasteiger partial charge in [0.25, 0.3) is 0 Å². The molecular weight excluding hydrogens is 230 g/mol. The minimum atomic E-state index is -0.0199. The predicted molar refractivity (Wildman–Crippen MR) is 78.8 cm³/mol. The first kappa shape index (κ1) is 12.0. The summed E-state index contributed by atoms with van der Waals surface area (Å²) < 4.78 is 0. The lowest BCUT2D eigenvalue weighted by atomic mass is 9.67. The Morgan fingerprint density at radius 2 is 1.95 bits per heavy atom. The smallest absolute Gasteiger partial charge is 0.0446 e. The Labute approximate surface area is 116 Å². The summed E-state index contributed by atoms with van der Waals surface area (Å²) in [7, 11) is 0. The van der Waals surface area contributed by atoms with Crippen molar-refractivity contribution in [3.63, 3.8) is 0 Å². The molecule has 0 amide bonds. The zero-order valence-electron chi connectivity index (χ0n) is 12.2. The third-order valence-electron chi connectivity index (χ3n) is 6.45. The van der Waals surface area contributed by atoms with Gasteiger partial charge in [-0.1, -0.05) is 30.2 Å². The van der Waals surface area contributed by atoms with Crippen molar-refractivity contribution in [3.8, 4) is 0 Å². The van der Waals surface area contributed by atoms with Gasteiger partial charge in [0, 0.05) is 5.54 Å². The van der Waals surface area contributed by atoms with Crippen molar-refractivity contribution in [3.05, 3.63) is 34.9 Å². The standard InChI is InChI=1S/C18H25N/c1-11-6-7-16(12(2)8-11)18(19)10-13-9-17(18)15-5-3-4-14(13)15/h6-8,13-15,17H,3-5,9-10,19H2,1-2H3. The molecule has 2 bridgehead atoms. The van der Waals surface area contributed by atoms with Gasteiger partial charge in [-0.15, -0.1) is 0 Å². The summed E-state index contributed by atoms with van der Waals surface area (Å²) in [5, 5.41) is 0. The largest absolute Gasteiger partial charge is 0.321 e. The second-order valence-electron chi connectivity index (χ2n) is 7.42. The van der Waals surface area contributed by atoms with E-state index in [1.165, 1.54) is 48.8 Å². The molecule has 3 saturated carbocycles. The van der Waals surface area contributed by atoms with Crippen LogP contribution in [0.5, 0.6) is 0 Å². The molecule has 2 N–H and O–H groups in total. The van der Waals surface area contributed by atoms with Gasteiger partial charge >= 0.3 is 0 Å². The molecule has 1 nitrogen and oxygen atoms in total. The molecule has 1 heteroatoms. The van der Waals surface area contributed by atoms with E-state index in [-0.39, 0.29) is 5.54 Å². The number of hydrogen-bond donors (Lipinski definition) is 1. The highest BCUT2D eigenvalue weighted by molar-refractivity contribution is 5.38. The summed E-state index contributed by atoms with van der Waals surface area (Å²) in [6.45, 7) is 4.42. The highest BCUT2D eigenvalue weighted by atomic mass is 14.8. The van der Waals surface area contributed by atoms with Crippen LogP contribution in [0.1, 0.15) is 48.8 Å². The Hall–Kier alpha value is -0.820. The van der Waals surface area contributed by atoms with Gasteiger partial charge in [0.1, 0.15) is 0 Å². The second-order valence-corrected chi connectivity index (χ2v) is 7.42. The molecule has 1 aromatic carbocycles. The average molecular weight is 255 g/mol. The third-order valence-corrected chi connectivity index (χ3v) is 6.45. The van der Waals surface area contributed by atoms with Crippen LogP contribution in [-0.2, 0) is 5.54 Å². The van der Waals surface area contributed by atoms with Crippen LogP contribution in [-0.4, -0.2) is 0 Å². The van der Waals surface area contributed by atoms with Gasteiger partial charge in [-0.25, -0.2) is 0 Å². The zero-order valence-corrected chi connectivity index (χ0v) is 12.2. The van der Waals surface area contributed by atoms with E-state index in [9.17, 15) is 0 Å². The summed E-state index contributed by atoms with van der Waals surface area (Å²) in [6.07, 6.45) is 7.01. The molecule has 3 fully saturated rings. The maximum Gasteiger partial charge on any atom is 0.0446 e. The molecule has 0 spiro atoms. The first-order valence-corrected chi connectivity index (χ1v) is 7.96. The van der Waals surface area contributed by atoms with Gasteiger partial charge in [-0.2, -0.15) is 0 Å². The van der Waals surface area contributed by atoms with Crippen molar-refractivity contribution in [1.82, 2.24) is 0 Å². The van der Waals surface area contributed by atoms with Crippen molar-refractivity contribution in [2.45, 2.75) is 51.5 Å². The summed E-state index contributed by atoms with van der Waals surface area (Å²) in [5.41, 5.74) is 11.2. The minimum Gasteiger partial charge on any atom is -0.321 e. The molecule has 0 heterocycles. The Morgan fingerprint density at radius 3 is 2.74 bits per heavy atom. The number of rotatable bonds is 1. The number of benzene rings is 1. The zero-order chi connectivity index (χ0) is 13.2.